The van der Waals surface area contributed by atoms with Crippen LogP contribution in [0.15, 0.2) is 17.4 Å². The molecule has 0 bridgehead atoms. The topological polar surface area (TPSA) is 260 Å². The lowest BCUT2D eigenvalue weighted by molar-refractivity contribution is -0.0540. The van der Waals surface area contributed by atoms with Crippen molar-refractivity contribution in [3.05, 3.63) is 23.0 Å². The molecule has 226 valence electrons. The maximum absolute atomic E-state index is 16.0. The monoisotopic (exact) mass is 649 g/mol. The number of fused-ring (bicyclic) bond motifs is 2. The van der Waals surface area contributed by atoms with Crippen LogP contribution in [0, 0.1) is 0 Å². The third kappa shape index (κ3) is 4.81. The molecule has 2 saturated heterocycles. The van der Waals surface area contributed by atoms with E-state index < -0.39 is 73.0 Å². The van der Waals surface area contributed by atoms with Gasteiger partial charge in [0.15, 0.2) is 28.1 Å². The molecular formula is C19H22F2N11O7PS2. The maximum atomic E-state index is 16.0. The number of halogens is 2. The highest BCUT2D eigenvalue weighted by Gasteiger charge is 2.54. The van der Waals surface area contributed by atoms with Gasteiger partial charge < -0.3 is 35.8 Å². The number of aliphatic hydroxyl groups is 2. The molecule has 0 aromatic carbocycles. The van der Waals surface area contributed by atoms with Crippen LogP contribution in [-0.2, 0) is 31.4 Å². The second-order valence-electron chi connectivity index (χ2n) is 9.35. The number of rotatable bonds is 8. The number of H-pyrrole nitrogens is 1. The molecule has 8 atom stereocenters. The summed E-state index contributed by atoms with van der Waals surface area (Å²) < 4.78 is 49.6. The first-order valence-corrected chi connectivity index (χ1v) is 15.6. The maximum Gasteiger partial charge on any atom is 0.325 e. The van der Waals surface area contributed by atoms with Crippen LogP contribution in [0.25, 0.3) is 22.3 Å². The van der Waals surface area contributed by atoms with Crippen LogP contribution in [0.4, 0.5) is 20.5 Å². The van der Waals surface area contributed by atoms with Gasteiger partial charge in [-0.1, -0.05) is 5.21 Å². The number of aromatic nitrogens is 9. The third-order valence-corrected chi connectivity index (χ3v) is 9.84. The first-order chi connectivity index (χ1) is 19.9. The van der Waals surface area contributed by atoms with Crippen molar-refractivity contribution in [1.29, 1.82) is 0 Å². The van der Waals surface area contributed by atoms with Crippen LogP contribution >= 0.6 is 18.5 Å². The third-order valence-electron chi connectivity index (χ3n) is 6.75. The highest BCUT2D eigenvalue weighted by Crippen LogP contribution is 2.54. The first-order valence-electron chi connectivity index (χ1n) is 12.0. The van der Waals surface area contributed by atoms with E-state index in [1.807, 2.05) is 0 Å². The molecule has 0 saturated carbocycles. The second kappa shape index (κ2) is 10.6. The highest BCUT2D eigenvalue weighted by molar-refractivity contribution is 8.07. The second-order valence-corrected chi connectivity index (χ2v) is 13.5. The number of nitrogens with one attached hydrogen (secondary N) is 1. The Morgan fingerprint density at radius 1 is 1.31 bits per heavy atom. The summed E-state index contributed by atoms with van der Waals surface area (Å²) in [5.74, 6) is -2.91. The molecule has 8 N–H and O–H groups in total. The van der Waals surface area contributed by atoms with Gasteiger partial charge in [-0.3, -0.25) is 18.9 Å². The van der Waals surface area contributed by atoms with Crippen molar-refractivity contribution in [3.63, 3.8) is 0 Å². The Bertz CT molecular complexity index is 1760. The van der Waals surface area contributed by atoms with Gasteiger partial charge in [0.1, 0.15) is 42.8 Å². The fourth-order valence-corrected chi connectivity index (χ4v) is 7.58. The fourth-order valence-electron chi connectivity index (χ4n) is 4.69. The van der Waals surface area contributed by atoms with E-state index in [1.165, 1.54) is 10.9 Å². The Hall–Kier alpha value is -2.95. The molecule has 23 heteroatoms. The SMILES string of the molecule is Nc1nc2c(ncn2[C@@H]2S[C@H](CO)[C@H](F)[C@H]2OP(O)(=S)OC[C@H]2OC[C@@](F)(n3nnc4c(N)ncnc43)[C@@H]2O)c(=O)[nH]1. The number of hydrogen-bond acceptors (Lipinski definition) is 16. The minimum atomic E-state index is -4.30. The van der Waals surface area contributed by atoms with Crippen molar-refractivity contribution in [2.24, 2.45) is 0 Å². The molecule has 0 radical (unpaired) electrons. The van der Waals surface area contributed by atoms with Gasteiger partial charge in [-0.05, 0) is 11.8 Å². The van der Waals surface area contributed by atoms with Crippen LogP contribution in [0.1, 0.15) is 5.37 Å². The summed E-state index contributed by atoms with van der Waals surface area (Å²) >= 11 is 6.03. The van der Waals surface area contributed by atoms with E-state index >= 15 is 8.78 Å². The van der Waals surface area contributed by atoms with Gasteiger partial charge >= 0.3 is 6.72 Å². The smallest absolute Gasteiger partial charge is 0.325 e. The summed E-state index contributed by atoms with van der Waals surface area (Å²) in [6.45, 7) is -6.24. The van der Waals surface area contributed by atoms with Crippen molar-refractivity contribution < 1.29 is 37.7 Å². The van der Waals surface area contributed by atoms with E-state index in [-0.39, 0.29) is 34.1 Å². The normalized spacial score (nSPS) is 31.3. The van der Waals surface area contributed by atoms with Gasteiger partial charge in [-0.15, -0.1) is 16.9 Å². The average Bonchev–Trinajstić information content (AvgIpc) is 3.70. The number of nitrogen functional groups attached to an aromatic ring is 2. The van der Waals surface area contributed by atoms with E-state index in [0.29, 0.717) is 4.68 Å². The van der Waals surface area contributed by atoms with Crippen molar-refractivity contribution in [2.75, 3.05) is 31.3 Å². The van der Waals surface area contributed by atoms with Gasteiger partial charge in [0.2, 0.25) is 5.95 Å². The van der Waals surface area contributed by atoms with Crippen LogP contribution in [-0.4, -0.2) is 109 Å². The molecule has 2 fully saturated rings. The van der Waals surface area contributed by atoms with Gasteiger partial charge in [0.05, 0.1) is 24.8 Å². The van der Waals surface area contributed by atoms with Crippen molar-refractivity contribution in [1.82, 2.24) is 44.5 Å². The summed E-state index contributed by atoms with van der Waals surface area (Å²) in [7, 11) is 0. The van der Waals surface area contributed by atoms with Gasteiger partial charge in [-0.2, -0.15) is 9.67 Å². The Labute approximate surface area is 241 Å². The number of imidazole rings is 1. The molecule has 18 nitrogen and oxygen atoms in total. The fraction of sp³-hybridized carbons (Fsp3) is 0.526. The zero-order valence-corrected chi connectivity index (χ0v) is 23.5. The van der Waals surface area contributed by atoms with E-state index in [4.69, 9.17) is 37.1 Å². The molecule has 4 aromatic heterocycles. The molecule has 4 aromatic rings. The van der Waals surface area contributed by atoms with Crippen LogP contribution < -0.4 is 17.0 Å². The molecular weight excluding hydrogens is 627 g/mol. The molecule has 1 unspecified atom stereocenters. The van der Waals surface area contributed by atoms with Crippen molar-refractivity contribution in [3.8, 4) is 0 Å². The number of thioether (sulfide) groups is 1. The summed E-state index contributed by atoms with van der Waals surface area (Å²) in [5.41, 5.74) is 10.6. The van der Waals surface area contributed by atoms with Crippen LogP contribution in [0.2, 0.25) is 0 Å². The lowest BCUT2D eigenvalue weighted by Crippen LogP contribution is -2.44. The molecule has 2 aliphatic rings. The summed E-state index contributed by atoms with van der Waals surface area (Å²) in [6, 6.07) is 0. The lowest BCUT2D eigenvalue weighted by atomic mass is 10.1. The largest absolute Gasteiger partial charge is 0.395 e. The predicted octanol–water partition coefficient (Wildman–Crippen LogP) is -1.54. The molecule has 6 heterocycles. The molecule has 2 aliphatic heterocycles. The number of nitrogens with two attached hydrogens (primary N) is 2. The molecule has 42 heavy (non-hydrogen) atoms. The van der Waals surface area contributed by atoms with E-state index in [9.17, 15) is 19.9 Å². The molecule has 0 amide bonds. The Balaban J connectivity index is 1.19. The van der Waals surface area contributed by atoms with Gasteiger partial charge in [0, 0.05) is 0 Å². The van der Waals surface area contributed by atoms with Crippen LogP contribution in [0.5, 0.6) is 0 Å². The number of anilines is 2. The standard InChI is InChI=1S/C19H22F2N11O7PS2/c20-8-7(1-33)42-17(31-5-26-10-15(31)27-18(23)28-16(10)35)11(8)39-40(36,41)38-2-6-12(34)19(21,3-37-6)32-14-9(29-30-32)13(22)24-4-25-14/h4-8,11-12,17,33-34H,1-3H2,(H,36,41)(H2,22,24,25)(H3,23,27,28,35)/t6-,7-,8+,11-,12-,17-,19-,40?/m1/s1. The zero-order valence-electron chi connectivity index (χ0n) is 21.0. The van der Waals surface area contributed by atoms with E-state index in [1.54, 1.807) is 0 Å². The highest BCUT2D eigenvalue weighted by atomic mass is 32.5. The number of nitrogens with zero attached hydrogens (tertiary/aromatic N) is 8. The predicted molar refractivity (Wildman–Crippen MR) is 145 cm³/mol. The summed E-state index contributed by atoms with van der Waals surface area (Å²) in [5, 5.41) is 25.9. The summed E-state index contributed by atoms with van der Waals surface area (Å²) in [4.78, 5) is 41.1. The first kappa shape index (κ1) is 29.1. The minimum absolute atomic E-state index is 0.00901. The number of aromatic amines is 1. The quantitative estimate of drug-likeness (QED) is 0.118. The number of alkyl halides is 2. The van der Waals surface area contributed by atoms with Gasteiger partial charge in [0.25, 0.3) is 11.4 Å². The minimum Gasteiger partial charge on any atom is -0.395 e. The Kier molecular flexibility index (Phi) is 7.38. The average molecular weight is 650 g/mol. The number of aliphatic hydroxyl groups excluding tert-OH is 2. The van der Waals surface area contributed by atoms with E-state index in [0.717, 1.165) is 18.1 Å². The van der Waals surface area contributed by atoms with Crippen molar-refractivity contribution in [2.45, 2.75) is 40.9 Å². The van der Waals surface area contributed by atoms with Gasteiger partial charge in [-0.25, -0.2) is 23.7 Å². The molecule has 0 aliphatic carbocycles. The molecule has 0 spiro atoms. The van der Waals surface area contributed by atoms with E-state index in [2.05, 4.69) is 35.2 Å². The Morgan fingerprint density at radius 2 is 2.10 bits per heavy atom. The summed E-state index contributed by atoms with van der Waals surface area (Å²) in [6.07, 6.45) is -4.35. The van der Waals surface area contributed by atoms with Crippen LogP contribution in [0.3, 0.4) is 0 Å². The Morgan fingerprint density at radius 3 is 2.86 bits per heavy atom. The van der Waals surface area contributed by atoms with Crippen molar-refractivity contribution >= 4 is 64.4 Å². The number of ether oxygens (including phenoxy) is 1. The zero-order chi connectivity index (χ0) is 30.0. The lowest BCUT2D eigenvalue weighted by Gasteiger charge is -2.27. The number of hydrogen-bond donors (Lipinski definition) is 6. The molecule has 6 rings (SSSR count).